The highest BCUT2D eigenvalue weighted by Crippen LogP contribution is 2.39. The quantitative estimate of drug-likeness (QED) is 0.657. The molecule has 27 heavy (non-hydrogen) atoms. The maximum absolute atomic E-state index is 12.1. The molecule has 0 aromatic heterocycles. The summed E-state index contributed by atoms with van der Waals surface area (Å²) in [4.78, 5) is 12.1. The van der Waals surface area contributed by atoms with Crippen LogP contribution in [0, 0.1) is 0 Å². The zero-order valence-corrected chi connectivity index (χ0v) is 16.1. The van der Waals surface area contributed by atoms with Gasteiger partial charge < -0.3 is 29.6 Å². The third kappa shape index (κ3) is 5.70. The van der Waals surface area contributed by atoms with Gasteiger partial charge in [0.1, 0.15) is 12.4 Å². The van der Waals surface area contributed by atoms with Crippen LogP contribution in [0.3, 0.4) is 0 Å². The summed E-state index contributed by atoms with van der Waals surface area (Å²) in [5.41, 5.74) is 1.74. The number of hydrogen-bond donors (Lipinski definition) is 2. The first-order valence-electron chi connectivity index (χ1n) is 8.67. The topological polar surface area (TPSA) is 78.1 Å². The molecule has 146 valence electrons. The molecule has 0 bridgehead atoms. The number of carbonyl (C=O) groups is 1. The molecule has 0 unspecified atom stereocenters. The molecule has 7 nitrogen and oxygen atoms in total. The van der Waals surface area contributed by atoms with E-state index in [0.717, 1.165) is 12.2 Å². The Balaban J connectivity index is 1.86. The zero-order chi connectivity index (χ0) is 19.6. The lowest BCUT2D eigenvalue weighted by Gasteiger charge is -2.15. The SMILES string of the molecule is CCc1cccc(OCCNC(=O)Nc2cc(OC)c(OC)c(OC)c2)c1. The number of methoxy groups -OCH3 is 3. The average Bonchev–Trinajstić information content (AvgIpc) is 2.70. The molecule has 0 fully saturated rings. The van der Waals surface area contributed by atoms with E-state index in [4.69, 9.17) is 18.9 Å². The molecule has 2 aromatic rings. The first-order chi connectivity index (χ1) is 13.1. The molecular formula is C20H26N2O5. The van der Waals surface area contributed by atoms with Crippen molar-refractivity contribution < 1.29 is 23.7 Å². The van der Waals surface area contributed by atoms with Crippen molar-refractivity contribution in [3.63, 3.8) is 0 Å². The second-order valence-electron chi connectivity index (χ2n) is 5.64. The Morgan fingerprint density at radius 2 is 1.70 bits per heavy atom. The van der Waals surface area contributed by atoms with Crippen molar-refractivity contribution >= 4 is 11.7 Å². The first-order valence-corrected chi connectivity index (χ1v) is 8.67. The lowest BCUT2D eigenvalue weighted by molar-refractivity contribution is 0.247. The highest BCUT2D eigenvalue weighted by molar-refractivity contribution is 5.90. The highest BCUT2D eigenvalue weighted by Gasteiger charge is 2.14. The summed E-state index contributed by atoms with van der Waals surface area (Å²) >= 11 is 0. The van der Waals surface area contributed by atoms with E-state index >= 15 is 0 Å². The van der Waals surface area contributed by atoms with Crippen molar-refractivity contribution in [3.05, 3.63) is 42.0 Å². The van der Waals surface area contributed by atoms with Gasteiger partial charge in [-0.1, -0.05) is 19.1 Å². The van der Waals surface area contributed by atoms with E-state index in [1.807, 2.05) is 18.2 Å². The Hall–Kier alpha value is -3.09. The molecular weight excluding hydrogens is 348 g/mol. The van der Waals surface area contributed by atoms with E-state index in [1.54, 1.807) is 12.1 Å². The number of amides is 2. The van der Waals surface area contributed by atoms with Crippen LogP contribution >= 0.6 is 0 Å². The number of ether oxygens (including phenoxy) is 4. The fourth-order valence-corrected chi connectivity index (χ4v) is 2.52. The molecule has 0 spiro atoms. The van der Waals surface area contributed by atoms with Gasteiger partial charge in [-0.25, -0.2) is 4.79 Å². The summed E-state index contributed by atoms with van der Waals surface area (Å²) in [5, 5.41) is 5.48. The van der Waals surface area contributed by atoms with Crippen molar-refractivity contribution in [2.75, 3.05) is 39.8 Å². The largest absolute Gasteiger partial charge is 0.493 e. The van der Waals surface area contributed by atoms with Crippen molar-refractivity contribution in [1.29, 1.82) is 0 Å². The molecule has 0 atom stereocenters. The van der Waals surface area contributed by atoms with Gasteiger partial charge in [-0.15, -0.1) is 0 Å². The number of rotatable bonds is 9. The van der Waals surface area contributed by atoms with Gasteiger partial charge in [0.25, 0.3) is 0 Å². The Labute approximate surface area is 159 Å². The maximum Gasteiger partial charge on any atom is 0.319 e. The molecule has 0 saturated carbocycles. The lowest BCUT2D eigenvalue weighted by Crippen LogP contribution is -2.32. The molecule has 0 saturated heterocycles. The minimum absolute atomic E-state index is 0.352. The molecule has 2 amide bonds. The Kier molecular flexibility index (Phi) is 7.61. The van der Waals surface area contributed by atoms with E-state index in [9.17, 15) is 4.79 Å². The molecule has 0 aliphatic rings. The van der Waals surface area contributed by atoms with Gasteiger partial charge in [0.05, 0.1) is 33.6 Å². The van der Waals surface area contributed by atoms with Crippen LogP contribution < -0.4 is 29.6 Å². The van der Waals surface area contributed by atoms with E-state index in [1.165, 1.54) is 26.9 Å². The van der Waals surface area contributed by atoms with Crippen molar-refractivity contribution in [3.8, 4) is 23.0 Å². The molecule has 0 heterocycles. The van der Waals surface area contributed by atoms with Crippen LogP contribution in [-0.2, 0) is 6.42 Å². The fourth-order valence-electron chi connectivity index (χ4n) is 2.52. The van der Waals surface area contributed by atoms with Crippen LogP contribution in [0.4, 0.5) is 10.5 Å². The highest BCUT2D eigenvalue weighted by atomic mass is 16.5. The number of nitrogens with one attached hydrogen (secondary N) is 2. The molecule has 2 N–H and O–H groups in total. The summed E-state index contributed by atoms with van der Waals surface area (Å²) in [6.45, 7) is 2.83. The van der Waals surface area contributed by atoms with Crippen LogP contribution in [0.2, 0.25) is 0 Å². The number of hydrogen-bond acceptors (Lipinski definition) is 5. The lowest BCUT2D eigenvalue weighted by atomic mass is 10.2. The normalized spacial score (nSPS) is 10.1. The van der Waals surface area contributed by atoms with Crippen LogP contribution in [0.5, 0.6) is 23.0 Å². The summed E-state index contributed by atoms with van der Waals surface area (Å²) in [6, 6.07) is 10.9. The van der Waals surface area contributed by atoms with Gasteiger partial charge in [0, 0.05) is 12.1 Å². The van der Waals surface area contributed by atoms with Gasteiger partial charge in [-0.05, 0) is 24.1 Å². The van der Waals surface area contributed by atoms with Gasteiger partial charge in [-0.3, -0.25) is 0 Å². The summed E-state index contributed by atoms with van der Waals surface area (Å²) in [5.74, 6) is 2.19. The van der Waals surface area contributed by atoms with Crippen molar-refractivity contribution in [2.45, 2.75) is 13.3 Å². The van der Waals surface area contributed by atoms with Crippen LogP contribution in [0.1, 0.15) is 12.5 Å². The first kappa shape index (κ1) is 20.2. The van der Waals surface area contributed by atoms with E-state index in [0.29, 0.717) is 36.1 Å². The fraction of sp³-hybridized carbons (Fsp3) is 0.350. The van der Waals surface area contributed by atoms with Crippen molar-refractivity contribution in [2.24, 2.45) is 0 Å². The summed E-state index contributed by atoms with van der Waals surface area (Å²) < 4.78 is 21.5. The van der Waals surface area contributed by atoms with Crippen LogP contribution in [0.25, 0.3) is 0 Å². The summed E-state index contributed by atoms with van der Waals surface area (Å²) in [7, 11) is 4.56. The third-order valence-electron chi connectivity index (χ3n) is 3.89. The maximum atomic E-state index is 12.1. The minimum atomic E-state index is -0.352. The second-order valence-corrected chi connectivity index (χ2v) is 5.64. The minimum Gasteiger partial charge on any atom is -0.493 e. The molecule has 7 heteroatoms. The third-order valence-corrected chi connectivity index (χ3v) is 3.89. The van der Waals surface area contributed by atoms with Gasteiger partial charge in [0.15, 0.2) is 11.5 Å². The van der Waals surface area contributed by atoms with E-state index in [-0.39, 0.29) is 6.03 Å². The number of aryl methyl sites for hydroxylation is 1. The van der Waals surface area contributed by atoms with Gasteiger partial charge >= 0.3 is 6.03 Å². The zero-order valence-electron chi connectivity index (χ0n) is 16.1. The van der Waals surface area contributed by atoms with Gasteiger partial charge in [-0.2, -0.15) is 0 Å². The smallest absolute Gasteiger partial charge is 0.319 e. The predicted octanol–water partition coefficient (Wildman–Crippen LogP) is 3.48. The van der Waals surface area contributed by atoms with E-state index in [2.05, 4.69) is 23.6 Å². The van der Waals surface area contributed by atoms with Crippen LogP contribution in [-0.4, -0.2) is 40.5 Å². The molecule has 0 aliphatic carbocycles. The monoisotopic (exact) mass is 374 g/mol. The molecule has 2 aromatic carbocycles. The molecule has 2 rings (SSSR count). The Morgan fingerprint density at radius 3 is 2.30 bits per heavy atom. The number of benzene rings is 2. The molecule has 0 radical (unpaired) electrons. The number of urea groups is 1. The number of carbonyl (C=O) groups excluding carboxylic acids is 1. The van der Waals surface area contributed by atoms with Gasteiger partial charge in [0.2, 0.25) is 5.75 Å². The second kappa shape index (κ2) is 10.2. The Bertz CT molecular complexity index is 739. The Morgan fingerprint density at radius 1 is 1.00 bits per heavy atom. The summed E-state index contributed by atoms with van der Waals surface area (Å²) in [6.07, 6.45) is 0.951. The van der Waals surface area contributed by atoms with Crippen molar-refractivity contribution in [1.82, 2.24) is 5.32 Å². The average molecular weight is 374 g/mol. The molecule has 0 aliphatic heterocycles. The van der Waals surface area contributed by atoms with E-state index < -0.39 is 0 Å². The predicted molar refractivity (Wildman–Crippen MR) is 104 cm³/mol. The van der Waals surface area contributed by atoms with Crippen LogP contribution in [0.15, 0.2) is 36.4 Å². The standard InChI is InChI=1S/C20H26N2O5/c1-5-14-7-6-8-16(11-14)27-10-9-21-20(23)22-15-12-17(24-2)19(26-4)18(13-15)25-3/h6-8,11-13H,5,9-10H2,1-4H3,(H2,21,22,23). The number of anilines is 1.